The number of para-hydroxylation sites is 1. The quantitative estimate of drug-likeness (QED) is 0.569. The van der Waals surface area contributed by atoms with E-state index in [0.29, 0.717) is 25.3 Å². The van der Waals surface area contributed by atoms with Gasteiger partial charge in [-0.05, 0) is 42.7 Å². The van der Waals surface area contributed by atoms with Crippen molar-refractivity contribution in [1.82, 2.24) is 10.3 Å². The predicted octanol–water partition coefficient (Wildman–Crippen LogP) is 4.62. The number of ether oxygens (including phenoxy) is 2. The second-order valence-electron chi connectivity index (χ2n) is 6.74. The fourth-order valence-electron chi connectivity index (χ4n) is 3.50. The van der Waals surface area contributed by atoms with Crippen molar-refractivity contribution in [3.8, 4) is 11.5 Å². The van der Waals surface area contributed by atoms with Crippen molar-refractivity contribution in [2.75, 3.05) is 20.3 Å². The van der Waals surface area contributed by atoms with Gasteiger partial charge in [-0.15, -0.1) is 0 Å². The van der Waals surface area contributed by atoms with E-state index in [1.165, 1.54) is 0 Å². The number of hydrogen-bond acceptors (Lipinski definition) is 3. The normalized spacial score (nSPS) is 12.0. The molecule has 0 spiro atoms. The van der Waals surface area contributed by atoms with Gasteiger partial charge in [0.25, 0.3) is 0 Å². The van der Waals surface area contributed by atoms with E-state index in [1.54, 1.807) is 7.11 Å². The van der Waals surface area contributed by atoms with Crippen molar-refractivity contribution in [1.29, 1.82) is 0 Å². The van der Waals surface area contributed by atoms with Gasteiger partial charge in [0, 0.05) is 36.0 Å². The van der Waals surface area contributed by atoms with Crippen molar-refractivity contribution < 1.29 is 14.3 Å². The second-order valence-corrected chi connectivity index (χ2v) is 6.74. The van der Waals surface area contributed by atoms with Crippen LogP contribution in [-0.4, -0.2) is 31.2 Å². The molecule has 0 aliphatic carbocycles. The zero-order valence-corrected chi connectivity index (χ0v) is 16.7. The molecule has 0 unspecified atom stereocenters. The zero-order valence-electron chi connectivity index (χ0n) is 16.7. The van der Waals surface area contributed by atoms with E-state index >= 15 is 0 Å². The first-order valence-corrected chi connectivity index (χ1v) is 9.81. The van der Waals surface area contributed by atoms with Crippen LogP contribution in [-0.2, 0) is 4.79 Å². The molecule has 2 N–H and O–H groups in total. The van der Waals surface area contributed by atoms with Gasteiger partial charge < -0.3 is 19.8 Å². The summed E-state index contributed by atoms with van der Waals surface area (Å²) in [5.41, 5.74) is 3.31. The molecule has 5 heteroatoms. The number of nitrogens with one attached hydrogen (secondary N) is 2. The molecule has 0 aliphatic heterocycles. The fraction of sp³-hybridized carbons (Fsp3) is 0.348. The van der Waals surface area contributed by atoms with Crippen molar-refractivity contribution in [3.63, 3.8) is 0 Å². The van der Waals surface area contributed by atoms with Gasteiger partial charge in [-0.3, -0.25) is 4.79 Å². The molecule has 148 valence electrons. The number of fused-ring (bicyclic) bond motifs is 1. The summed E-state index contributed by atoms with van der Waals surface area (Å²) in [6.07, 6.45) is 3.40. The van der Waals surface area contributed by atoms with Crippen LogP contribution < -0.4 is 14.8 Å². The molecule has 0 fully saturated rings. The zero-order chi connectivity index (χ0) is 19.9. The average molecular weight is 380 g/mol. The molecule has 28 heavy (non-hydrogen) atoms. The third-order valence-corrected chi connectivity index (χ3v) is 4.87. The summed E-state index contributed by atoms with van der Waals surface area (Å²) in [7, 11) is 1.64. The topological polar surface area (TPSA) is 63.4 Å². The molecule has 5 nitrogen and oxygen atoms in total. The highest BCUT2D eigenvalue weighted by Gasteiger charge is 2.20. The third-order valence-electron chi connectivity index (χ3n) is 4.87. The number of benzene rings is 2. The summed E-state index contributed by atoms with van der Waals surface area (Å²) < 4.78 is 11.2. The van der Waals surface area contributed by atoms with Gasteiger partial charge >= 0.3 is 0 Å². The Morgan fingerprint density at radius 2 is 1.96 bits per heavy atom. The molecule has 1 amide bonds. The maximum atomic E-state index is 12.1. The van der Waals surface area contributed by atoms with E-state index in [1.807, 2.05) is 50.4 Å². The number of H-pyrrole nitrogens is 1. The maximum Gasteiger partial charge on any atom is 0.220 e. The Hall–Kier alpha value is -2.95. The maximum absolute atomic E-state index is 12.1. The van der Waals surface area contributed by atoms with Crippen molar-refractivity contribution >= 4 is 16.8 Å². The Morgan fingerprint density at radius 3 is 2.71 bits per heavy atom. The number of methoxy groups -OCH3 is 1. The van der Waals surface area contributed by atoms with Gasteiger partial charge in [0.15, 0.2) is 11.5 Å². The van der Waals surface area contributed by atoms with Gasteiger partial charge in [0.05, 0.1) is 13.7 Å². The van der Waals surface area contributed by atoms with Crippen LogP contribution in [0, 0.1) is 0 Å². The standard InChI is InChI=1S/C23H28N2O3/c1-4-8-23(26)25-14-18(19-15-24-20-10-7-6-9-17(19)20)16-11-12-21(28-5-2)22(13-16)27-3/h6-7,9-13,15,18,24H,4-5,8,14H2,1-3H3,(H,25,26)/t18-/m0/s1. The highest BCUT2D eigenvalue weighted by atomic mass is 16.5. The van der Waals surface area contributed by atoms with Gasteiger partial charge in [-0.2, -0.15) is 0 Å². The summed E-state index contributed by atoms with van der Waals surface area (Å²) in [5.74, 6) is 1.50. The molecule has 0 saturated heterocycles. The minimum Gasteiger partial charge on any atom is -0.493 e. The fourth-order valence-corrected chi connectivity index (χ4v) is 3.50. The lowest BCUT2D eigenvalue weighted by atomic mass is 9.90. The molecular weight excluding hydrogens is 352 g/mol. The Bertz CT molecular complexity index is 932. The average Bonchev–Trinajstić information content (AvgIpc) is 3.13. The van der Waals surface area contributed by atoms with Crippen molar-refractivity contribution in [3.05, 3.63) is 59.8 Å². The Balaban J connectivity index is 1.99. The van der Waals surface area contributed by atoms with E-state index in [4.69, 9.17) is 9.47 Å². The van der Waals surface area contributed by atoms with Crippen LogP contribution in [0.15, 0.2) is 48.7 Å². The first-order chi connectivity index (χ1) is 13.7. The van der Waals surface area contributed by atoms with Gasteiger partial charge in [-0.1, -0.05) is 31.2 Å². The highest BCUT2D eigenvalue weighted by molar-refractivity contribution is 5.84. The summed E-state index contributed by atoms with van der Waals surface area (Å²) in [6.45, 7) is 5.06. The second kappa shape index (κ2) is 9.31. The van der Waals surface area contributed by atoms with Crippen LogP contribution >= 0.6 is 0 Å². The van der Waals surface area contributed by atoms with Crippen LogP contribution in [0.3, 0.4) is 0 Å². The molecule has 0 bridgehead atoms. The number of rotatable bonds is 9. The van der Waals surface area contributed by atoms with Crippen LogP contribution in [0.4, 0.5) is 0 Å². The largest absolute Gasteiger partial charge is 0.493 e. The van der Waals surface area contributed by atoms with Crippen molar-refractivity contribution in [2.45, 2.75) is 32.6 Å². The lowest BCUT2D eigenvalue weighted by Crippen LogP contribution is -2.28. The minimum absolute atomic E-state index is 0.00142. The monoisotopic (exact) mass is 380 g/mol. The summed E-state index contributed by atoms with van der Waals surface area (Å²) in [4.78, 5) is 15.5. The van der Waals surface area contributed by atoms with Crippen molar-refractivity contribution in [2.24, 2.45) is 0 Å². The molecule has 3 aromatic rings. The van der Waals surface area contributed by atoms with Crippen LogP contribution in [0.1, 0.15) is 43.7 Å². The SMILES string of the molecule is CCCC(=O)NC[C@@H](c1ccc(OCC)c(OC)c1)c1c[nH]c2ccccc12. The number of carbonyl (C=O) groups is 1. The molecule has 1 heterocycles. The van der Waals surface area contributed by atoms with Crippen LogP contribution in [0.2, 0.25) is 0 Å². The summed E-state index contributed by atoms with van der Waals surface area (Å²) >= 11 is 0. The van der Waals surface area contributed by atoms with Gasteiger partial charge in [-0.25, -0.2) is 0 Å². The van der Waals surface area contributed by atoms with E-state index in [9.17, 15) is 4.79 Å². The number of carbonyl (C=O) groups excluding carboxylic acids is 1. The molecule has 0 aliphatic rings. The van der Waals surface area contributed by atoms with E-state index in [-0.39, 0.29) is 11.8 Å². The van der Waals surface area contributed by atoms with E-state index in [0.717, 1.165) is 34.2 Å². The number of aromatic amines is 1. The van der Waals surface area contributed by atoms with E-state index < -0.39 is 0 Å². The first-order valence-electron chi connectivity index (χ1n) is 9.81. The third kappa shape index (κ3) is 4.30. The minimum atomic E-state index is 0.00142. The van der Waals surface area contributed by atoms with E-state index in [2.05, 4.69) is 22.4 Å². The number of hydrogen-bond donors (Lipinski definition) is 2. The Morgan fingerprint density at radius 1 is 1.14 bits per heavy atom. The molecule has 1 atom stereocenters. The lowest BCUT2D eigenvalue weighted by molar-refractivity contribution is -0.121. The molecule has 1 aromatic heterocycles. The first kappa shape index (κ1) is 19.8. The van der Waals surface area contributed by atoms with Gasteiger partial charge in [0.2, 0.25) is 5.91 Å². The van der Waals surface area contributed by atoms with Gasteiger partial charge in [0.1, 0.15) is 0 Å². The smallest absolute Gasteiger partial charge is 0.220 e. The van der Waals surface area contributed by atoms with Crippen LogP contribution in [0.5, 0.6) is 11.5 Å². The molecule has 2 aromatic carbocycles. The molecule has 0 saturated carbocycles. The highest BCUT2D eigenvalue weighted by Crippen LogP contribution is 2.35. The number of aromatic nitrogens is 1. The molecule has 3 rings (SSSR count). The molecule has 0 radical (unpaired) electrons. The predicted molar refractivity (Wildman–Crippen MR) is 112 cm³/mol. The molecular formula is C23H28N2O3. The Kier molecular flexibility index (Phi) is 6.58. The Labute approximate surface area is 166 Å². The van der Waals surface area contributed by atoms with Crippen LogP contribution in [0.25, 0.3) is 10.9 Å². The summed E-state index contributed by atoms with van der Waals surface area (Å²) in [6, 6.07) is 14.2. The number of amides is 1. The summed E-state index contributed by atoms with van der Waals surface area (Å²) in [5, 5.41) is 4.24. The lowest BCUT2D eigenvalue weighted by Gasteiger charge is -2.20.